The molecule has 0 aliphatic rings. The second-order valence-corrected chi connectivity index (χ2v) is 4.96. The van der Waals surface area contributed by atoms with Crippen molar-refractivity contribution >= 4 is 0 Å². The van der Waals surface area contributed by atoms with Crippen LogP contribution < -0.4 is 5.32 Å². The van der Waals surface area contributed by atoms with Gasteiger partial charge in [-0.1, -0.05) is 20.3 Å². The van der Waals surface area contributed by atoms with Crippen molar-refractivity contribution in [2.75, 3.05) is 13.7 Å². The molecular formula is C15H27N3O. The quantitative estimate of drug-likeness (QED) is 0.783. The summed E-state index contributed by atoms with van der Waals surface area (Å²) in [5, 5.41) is 3.47. The van der Waals surface area contributed by atoms with Gasteiger partial charge in [0.15, 0.2) is 5.82 Å². The maximum Gasteiger partial charge on any atom is 0.157 e. The van der Waals surface area contributed by atoms with E-state index in [0.717, 1.165) is 37.3 Å². The number of methoxy groups -OCH3 is 1. The molecule has 19 heavy (non-hydrogen) atoms. The molecule has 108 valence electrons. The van der Waals surface area contributed by atoms with Crippen LogP contribution in [0.2, 0.25) is 0 Å². The van der Waals surface area contributed by atoms with Crippen LogP contribution in [0.1, 0.15) is 69.3 Å². The van der Waals surface area contributed by atoms with E-state index in [0.29, 0.717) is 6.04 Å². The molecule has 1 heterocycles. The molecule has 1 aromatic heterocycles. The summed E-state index contributed by atoms with van der Waals surface area (Å²) in [5.41, 5.74) is 2.21. The number of aryl methyl sites for hydroxylation is 1. The Morgan fingerprint density at radius 1 is 1.32 bits per heavy atom. The van der Waals surface area contributed by atoms with Gasteiger partial charge < -0.3 is 10.1 Å². The van der Waals surface area contributed by atoms with Gasteiger partial charge in [0.05, 0.1) is 0 Å². The number of rotatable bonds is 8. The Morgan fingerprint density at radius 3 is 2.58 bits per heavy atom. The lowest BCUT2D eigenvalue weighted by Crippen LogP contribution is -2.21. The van der Waals surface area contributed by atoms with Crippen LogP contribution in [0.25, 0.3) is 0 Å². The zero-order valence-corrected chi connectivity index (χ0v) is 12.9. The average molecular weight is 265 g/mol. The fraction of sp³-hybridized carbons (Fsp3) is 0.733. The third-order valence-corrected chi connectivity index (χ3v) is 3.33. The summed E-state index contributed by atoms with van der Waals surface area (Å²) in [5.74, 6) is 0.799. The molecule has 0 spiro atoms. The molecule has 0 aliphatic heterocycles. The van der Waals surface area contributed by atoms with E-state index in [4.69, 9.17) is 4.74 Å². The van der Waals surface area contributed by atoms with Crippen molar-refractivity contribution in [2.45, 2.75) is 59.1 Å². The van der Waals surface area contributed by atoms with Crippen LogP contribution in [0.3, 0.4) is 0 Å². The van der Waals surface area contributed by atoms with E-state index in [1.807, 2.05) is 13.1 Å². The predicted octanol–water partition coefficient (Wildman–Crippen LogP) is 3.33. The van der Waals surface area contributed by atoms with Gasteiger partial charge in [-0.3, -0.25) is 0 Å². The van der Waals surface area contributed by atoms with Crippen molar-refractivity contribution in [3.05, 3.63) is 23.3 Å². The minimum Gasteiger partial charge on any atom is -0.373 e. The van der Waals surface area contributed by atoms with Gasteiger partial charge in [-0.25, -0.2) is 9.97 Å². The van der Waals surface area contributed by atoms with Crippen LogP contribution in [0, 0.1) is 6.92 Å². The summed E-state index contributed by atoms with van der Waals surface area (Å²) in [6.07, 6.45) is 5.10. The van der Waals surface area contributed by atoms with Gasteiger partial charge in [-0.05, 0) is 33.2 Å². The molecule has 0 bridgehead atoms. The summed E-state index contributed by atoms with van der Waals surface area (Å²) < 4.78 is 5.46. The van der Waals surface area contributed by atoms with Crippen LogP contribution in [0.4, 0.5) is 0 Å². The lowest BCUT2D eigenvalue weighted by atomic mass is 10.1. The van der Waals surface area contributed by atoms with Crippen LogP contribution in [-0.4, -0.2) is 23.6 Å². The van der Waals surface area contributed by atoms with Gasteiger partial charge in [-0.2, -0.15) is 0 Å². The summed E-state index contributed by atoms with van der Waals surface area (Å²) in [6, 6.07) is 0.293. The molecule has 0 saturated carbocycles. The number of hydrogen-bond donors (Lipinski definition) is 1. The Hall–Kier alpha value is -1.00. The van der Waals surface area contributed by atoms with Gasteiger partial charge >= 0.3 is 0 Å². The first-order valence-electron chi connectivity index (χ1n) is 7.23. The highest BCUT2D eigenvalue weighted by Gasteiger charge is 2.16. The molecule has 0 fully saturated rings. The van der Waals surface area contributed by atoms with Crippen molar-refractivity contribution in [3.8, 4) is 0 Å². The zero-order valence-electron chi connectivity index (χ0n) is 12.9. The molecule has 0 aliphatic carbocycles. The first kappa shape index (κ1) is 16.1. The molecule has 0 saturated heterocycles. The van der Waals surface area contributed by atoms with Crippen molar-refractivity contribution in [1.29, 1.82) is 0 Å². The molecule has 1 rings (SSSR count). The van der Waals surface area contributed by atoms with Gasteiger partial charge in [-0.15, -0.1) is 0 Å². The maximum absolute atomic E-state index is 5.46. The minimum absolute atomic E-state index is 0.0108. The normalized spacial score (nSPS) is 14.4. The number of nitrogens with zero attached hydrogens (tertiary/aromatic N) is 2. The van der Waals surface area contributed by atoms with Crippen molar-refractivity contribution < 1.29 is 4.74 Å². The fourth-order valence-electron chi connectivity index (χ4n) is 2.16. The van der Waals surface area contributed by atoms with Crippen molar-refractivity contribution in [3.63, 3.8) is 0 Å². The lowest BCUT2D eigenvalue weighted by molar-refractivity contribution is 0.0874. The third-order valence-electron chi connectivity index (χ3n) is 3.33. The Labute approximate surface area is 117 Å². The van der Waals surface area contributed by atoms with Gasteiger partial charge in [0, 0.05) is 30.6 Å². The van der Waals surface area contributed by atoms with Gasteiger partial charge in [0.25, 0.3) is 0 Å². The molecule has 4 nitrogen and oxygen atoms in total. The zero-order chi connectivity index (χ0) is 14.3. The molecule has 4 heteroatoms. The molecule has 0 aromatic carbocycles. The average Bonchev–Trinajstić information content (AvgIpc) is 2.42. The number of aromatic nitrogens is 2. The third kappa shape index (κ3) is 4.55. The van der Waals surface area contributed by atoms with E-state index in [9.17, 15) is 0 Å². The summed E-state index contributed by atoms with van der Waals surface area (Å²) in [6.45, 7) is 9.52. The van der Waals surface area contributed by atoms with Crippen molar-refractivity contribution in [2.24, 2.45) is 0 Å². The Bertz CT molecular complexity index is 382. The van der Waals surface area contributed by atoms with E-state index >= 15 is 0 Å². The summed E-state index contributed by atoms with van der Waals surface area (Å²) in [7, 11) is 1.72. The van der Waals surface area contributed by atoms with Gasteiger partial charge in [0.1, 0.15) is 6.10 Å². The minimum atomic E-state index is 0.0108. The van der Waals surface area contributed by atoms with Crippen molar-refractivity contribution in [1.82, 2.24) is 15.3 Å². The van der Waals surface area contributed by atoms with Crippen LogP contribution in [-0.2, 0) is 4.74 Å². The first-order valence-corrected chi connectivity index (χ1v) is 7.23. The van der Waals surface area contributed by atoms with Crippen LogP contribution >= 0.6 is 0 Å². The van der Waals surface area contributed by atoms with E-state index in [1.165, 1.54) is 5.56 Å². The first-order chi connectivity index (χ1) is 9.13. The Kier molecular flexibility index (Phi) is 6.95. The second kappa shape index (κ2) is 8.23. The number of nitrogens with one attached hydrogen (secondary N) is 1. The topological polar surface area (TPSA) is 47.0 Å². The Morgan fingerprint density at radius 2 is 2.05 bits per heavy atom. The maximum atomic E-state index is 5.46. The van der Waals surface area contributed by atoms with Crippen LogP contribution in [0.5, 0.6) is 0 Å². The standard InChI is InChI=1S/C15H27N3O/c1-6-8-14(19-5)15-17-10-13(12(4)18-15)11(3)16-9-7-2/h10-11,14,16H,6-9H2,1-5H3. The molecule has 2 atom stereocenters. The van der Waals surface area contributed by atoms with Gasteiger partial charge in [0.2, 0.25) is 0 Å². The lowest BCUT2D eigenvalue weighted by Gasteiger charge is -2.18. The predicted molar refractivity (Wildman–Crippen MR) is 78.1 cm³/mol. The van der Waals surface area contributed by atoms with E-state index < -0.39 is 0 Å². The molecule has 2 unspecified atom stereocenters. The molecular weight excluding hydrogens is 238 g/mol. The highest BCUT2D eigenvalue weighted by atomic mass is 16.5. The fourth-order valence-corrected chi connectivity index (χ4v) is 2.16. The van der Waals surface area contributed by atoms with E-state index in [1.54, 1.807) is 7.11 Å². The number of hydrogen-bond acceptors (Lipinski definition) is 4. The summed E-state index contributed by atoms with van der Waals surface area (Å²) in [4.78, 5) is 9.10. The SMILES string of the molecule is CCCNC(C)c1cnc(C(CCC)OC)nc1C. The molecule has 1 N–H and O–H groups in total. The molecule has 0 radical (unpaired) electrons. The monoisotopic (exact) mass is 265 g/mol. The summed E-state index contributed by atoms with van der Waals surface area (Å²) >= 11 is 0. The number of ether oxygens (including phenoxy) is 1. The molecule has 0 amide bonds. The largest absolute Gasteiger partial charge is 0.373 e. The highest BCUT2D eigenvalue weighted by molar-refractivity contribution is 5.20. The smallest absolute Gasteiger partial charge is 0.157 e. The second-order valence-electron chi connectivity index (χ2n) is 4.96. The van der Waals surface area contributed by atoms with E-state index in [2.05, 4.69) is 36.1 Å². The Balaban J connectivity index is 2.83. The van der Waals surface area contributed by atoms with Crippen LogP contribution in [0.15, 0.2) is 6.20 Å². The highest BCUT2D eigenvalue weighted by Crippen LogP contribution is 2.21. The molecule has 1 aromatic rings. The van der Waals surface area contributed by atoms with E-state index in [-0.39, 0.29) is 6.10 Å².